The Morgan fingerprint density at radius 3 is 2.63 bits per heavy atom. The smallest absolute Gasteiger partial charge is 0.234 e. The predicted octanol–water partition coefficient (Wildman–Crippen LogP) is 5.16. The third-order valence-corrected chi connectivity index (χ3v) is 7.21. The zero-order valence-corrected chi connectivity index (χ0v) is 20.3. The number of furan rings is 1. The number of hydrogen-bond donors (Lipinski definition) is 1. The molecule has 8 nitrogen and oxygen atoms in total. The van der Waals surface area contributed by atoms with Crippen molar-refractivity contribution in [2.45, 2.75) is 37.4 Å². The van der Waals surface area contributed by atoms with Crippen molar-refractivity contribution in [3.63, 3.8) is 0 Å². The monoisotopic (exact) mass is 486 g/mol. The molecule has 2 aromatic heterocycles. The van der Waals surface area contributed by atoms with Crippen LogP contribution in [0.25, 0.3) is 16.7 Å². The first kappa shape index (κ1) is 23.1. The zero-order valence-electron chi connectivity index (χ0n) is 19.5. The van der Waals surface area contributed by atoms with Crippen LogP contribution in [0.3, 0.4) is 0 Å². The highest BCUT2D eigenvalue weighted by Crippen LogP contribution is 2.32. The van der Waals surface area contributed by atoms with Gasteiger partial charge in [0.15, 0.2) is 11.0 Å². The van der Waals surface area contributed by atoms with Crippen LogP contribution < -0.4 is 5.32 Å². The maximum absolute atomic E-state index is 12.9. The standard InChI is InChI=1S/C26H26N6O2S/c1-18(31-14-8-3-9-15-31)25-29-30-26(32(25)19-10-4-2-5-11-19)35-17-23(33)28-24-20-12-6-7-13-21(20)34-22(24)16-27/h2,4-7,10-13,18H,3,8-9,14-15,17H2,1H3,(H,28,33). The molecule has 1 unspecified atom stereocenters. The number of piperidine rings is 1. The fourth-order valence-electron chi connectivity index (χ4n) is 4.49. The number of fused-ring (bicyclic) bond motifs is 1. The molecule has 1 saturated heterocycles. The number of nitrogens with one attached hydrogen (secondary N) is 1. The third-order valence-electron chi connectivity index (χ3n) is 6.28. The normalized spacial score (nSPS) is 15.1. The molecule has 1 aliphatic rings. The van der Waals surface area contributed by atoms with Crippen LogP contribution in [0.4, 0.5) is 5.69 Å². The molecule has 0 aliphatic carbocycles. The molecule has 4 aromatic rings. The van der Waals surface area contributed by atoms with Crippen molar-refractivity contribution in [2.24, 2.45) is 0 Å². The summed E-state index contributed by atoms with van der Waals surface area (Å²) in [5, 5.41) is 22.7. The van der Waals surface area contributed by atoms with E-state index in [9.17, 15) is 10.1 Å². The number of likely N-dealkylation sites (tertiary alicyclic amines) is 1. The SMILES string of the molecule is CC(c1nnc(SCC(=O)Nc2c(C#N)oc3ccccc23)n1-c1ccccc1)N1CCCCC1. The number of anilines is 1. The predicted molar refractivity (Wildman–Crippen MR) is 135 cm³/mol. The summed E-state index contributed by atoms with van der Waals surface area (Å²) >= 11 is 1.32. The quantitative estimate of drug-likeness (QED) is 0.360. The molecule has 5 rings (SSSR count). The second-order valence-electron chi connectivity index (χ2n) is 8.54. The van der Waals surface area contributed by atoms with E-state index in [1.54, 1.807) is 6.07 Å². The fraction of sp³-hybridized carbons (Fsp3) is 0.308. The van der Waals surface area contributed by atoms with Crippen LogP contribution in [0.5, 0.6) is 0 Å². The van der Waals surface area contributed by atoms with Gasteiger partial charge >= 0.3 is 0 Å². The Hall–Kier alpha value is -3.61. The molecular weight excluding hydrogens is 460 g/mol. The lowest BCUT2D eigenvalue weighted by molar-refractivity contribution is -0.113. The third kappa shape index (κ3) is 4.81. The van der Waals surface area contributed by atoms with Crippen molar-refractivity contribution in [2.75, 3.05) is 24.2 Å². The first-order valence-electron chi connectivity index (χ1n) is 11.7. The van der Waals surface area contributed by atoms with Gasteiger partial charge in [-0.05, 0) is 57.1 Å². The van der Waals surface area contributed by atoms with E-state index >= 15 is 0 Å². The summed E-state index contributed by atoms with van der Waals surface area (Å²) in [6.45, 7) is 4.27. The lowest BCUT2D eigenvalue weighted by Crippen LogP contribution is -2.33. The molecule has 2 aromatic carbocycles. The first-order valence-corrected chi connectivity index (χ1v) is 12.7. The van der Waals surface area contributed by atoms with Gasteiger partial charge in [0, 0.05) is 11.1 Å². The van der Waals surface area contributed by atoms with Crippen molar-refractivity contribution >= 4 is 34.3 Å². The minimum atomic E-state index is -0.244. The molecule has 35 heavy (non-hydrogen) atoms. The number of carbonyl (C=O) groups is 1. The number of carbonyl (C=O) groups excluding carboxylic acids is 1. The van der Waals surface area contributed by atoms with Gasteiger partial charge in [0.05, 0.1) is 11.8 Å². The van der Waals surface area contributed by atoms with Gasteiger partial charge in [-0.2, -0.15) is 5.26 Å². The van der Waals surface area contributed by atoms with Gasteiger partial charge in [-0.1, -0.05) is 48.5 Å². The molecule has 0 radical (unpaired) electrons. The number of hydrogen-bond acceptors (Lipinski definition) is 7. The zero-order chi connectivity index (χ0) is 24.2. The Labute approximate surface area is 207 Å². The number of nitrogens with zero attached hydrogens (tertiary/aromatic N) is 5. The number of benzene rings is 2. The average Bonchev–Trinajstić information content (AvgIpc) is 3.49. The molecule has 1 N–H and O–H groups in total. The van der Waals surface area contributed by atoms with E-state index in [1.165, 1.54) is 31.0 Å². The van der Waals surface area contributed by atoms with Crippen molar-refractivity contribution < 1.29 is 9.21 Å². The van der Waals surface area contributed by atoms with E-state index in [4.69, 9.17) is 4.42 Å². The van der Waals surface area contributed by atoms with E-state index in [0.29, 0.717) is 21.8 Å². The van der Waals surface area contributed by atoms with Crippen LogP contribution >= 0.6 is 11.8 Å². The summed E-state index contributed by atoms with van der Waals surface area (Å²) in [5.74, 6) is 0.836. The van der Waals surface area contributed by atoms with Gasteiger partial charge in [0.1, 0.15) is 17.3 Å². The highest BCUT2D eigenvalue weighted by Gasteiger charge is 2.26. The number of thioether (sulfide) groups is 1. The van der Waals surface area contributed by atoms with E-state index in [1.807, 2.05) is 59.2 Å². The number of para-hydroxylation sites is 2. The molecule has 0 bridgehead atoms. The fourth-order valence-corrected chi connectivity index (χ4v) is 5.25. The minimum Gasteiger partial charge on any atom is -0.443 e. The van der Waals surface area contributed by atoms with Gasteiger partial charge in [0.25, 0.3) is 0 Å². The Balaban J connectivity index is 1.37. The second-order valence-corrected chi connectivity index (χ2v) is 9.48. The molecule has 178 valence electrons. The maximum atomic E-state index is 12.9. The Bertz CT molecular complexity index is 1370. The van der Waals surface area contributed by atoms with Gasteiger partial charge in [-0.15, -0.1) is 10.2 Å². The molecule has 0 saturated carbocycles. The molecule has 1 aliphatic heterocycles. The molecule has 1 amide bonds. The number of aromatic nitrogens is 3. The van der Waals surface area contributed by atoms with E-state index in [-0.39, 0.29) is 23.5 Å². The molecule has 1 atom stereocenters. The highest BCUT2D eigenvalue weighted by molar-refractivity contribution is 7.99. The molecular formula is C26H26N6O2S. The van der Waals surface area contributed by atoms with E-state index in [2.05, 4.69) is 27.3 Å². The molecule has 3 heterocycles. The Morgan fingerprint density at radius 2 is 1.86 bits per heavy atom. The van der Waals surface area contributed by atoms with Gasteiger partial charge < -0.3 is 9.73 Å². The van der Waals surface area contributed by atoms with Crippen molar-refractivity contribution in [3.05, 3.63) is 66.2 Å². The number of nitriles is 1. The highest BCUT2D eigenvalue weighted by atomic mass is 32.2. The van der Waals surface area contributed by atoms with Crippen LogP contribution in [-0.2, 0) is 4.79 Å². The minimum absolute atomic E-state index is 0.0923. The Kier molecular flexibility index (Phi) is 6.84. The Morgan fingerprint density at radius 1 is 1.11 bits per heavy atom. The number of rotatable bonds is 7. The average molecular weight is 487 g/mol. The summed E-state index contributed by atoms with van der Waals surface area (Å²) in [6.07, 6.45) is 3.65. The van der Waals surface area contributed by atoms with Gasteiger partial charge in [0.2, 0.25) is 11.7 Å². The van der Waals surface area contributed by atoms with Gasteiger partial charge in [-0.25, -0.2) is 0 Å². The van der Waals surface area contributed by atoms with Crippen LogP contribution in [0.15, 0.2) is 64.2 Å². The summed E-state index contributed by atoms with van der Waals surface area (Å²) in [7, 11) is 0. The van der Waals surface area contributed by atoms with E-state index in [0.717, 1.165) is 24.6 Å². The molecule has 1 fully saturated rings. The van der Waals surface area contributed by atoms with Crippen LogP contribution in [0.2, 0.25) is 0 Å². The maximum Gasteiger partial charge on any atom is 0.234 e. The van der Waals surface area contributed by atoms with Crippen molar-refractivity contribution in [3.8, 4) is 11.8 Å². The summed E-state index contributed by atoms with van der Waals surface area (Å²) in [6, 6.07) is 19.4. The van der Waals surface area contributed by atoms with Crippen LogP contribution in [-0.4, -0.2) is 44.4 Å². The van der Waals surface area contributed by atoms with Crippen molar-refractivity contribution in [1.82, 2.24) is 19.7 Å². The molecule has 0 spiro atoms. The van der Waals surface area contributed by atoms with Crippen LogP contribution in [0, 0.1) is 11.3 Å². The van der Waals surface area contributed by atoms with Gasteiger partial charge in [-0.3, -0.25) is 14.3 Å². The lowest BCUT2D eigenvalue weighted by Gasteiger charge is -2.31. The first-order chi connectivity index (χ1) is 17.2. The number of amides is 1. The summed E-state index contributed by atoms with van der Waals surface area (Å²) in [4.78, 5) is 15.3. The largest absolute Gasteiger partial charge is 0.443 e. The topological polar surface area (TPSA) is 100.0 Å². The summed E-state index contributed by atoms with van der Waals surface area (Å²) < 4.78 is 7.61. The van der Waals surface area contributed by atoms with Crippen molar-refractivity contribution in [1.29, 1.82) is 5.26 Å². The van der Waals surface area contributed by atoms with E-state index < -0.39 is 0 Å². The van der Waals surface area contributed by atoms with Crippen LogP contribution in [0.1, 0.15) is 43.8 Å². The second kappa shape index (κ2) is 10.3. The lowest BCUT2D eigenvalue weighted by atomic mass is 10.1. The molecule has 9 heteroatoms. The summed E-state index contributed by atoms with van der Waals surface area (Å²) in [5.41, 5.74) is 1.93.